The number of halogens is 2. The van der Waals surface area contributed by atoms with E-state index in [1.165, 1.54) is 19.1 Å². The second kappa shape index (κ2) is 6.24. The number of hydrogen-bond donors (Lipinski definition) is 3. The van der Waals surface area contributed by atoms with Gasteiger partial charge < -0.3 is 15.5 Å². The predicted octanol–water partition coefficient (Wildman–Crippen LogP) is 0.457. The lowest BCUT2D eigenvalue weighted by atomic mass is 10.1. The van der Waals surface area contributed by atoms with Crippen molar-refractivity contribution in [3.63, 3.8) is 0 Å². The molecule has 19 heavy (non-hydrogen) atoms. The number of amides is 1. The summed E-state index contributed by atoms with van der Waals surface area (Å²) in [5, 5.41) is 19.9. The van der Waals surface area contributed by atoms with E-state index in [0.717, 1.165) is 6.07 Å². The largest absolute Gasteiger partial charge is 0.480 e. The van der Waals surface area contributed by atoms with Gasteiger partial charge in [-0.1, -0.05) is 12.1 Å². The highest BCUT2D eigenvalue weighted by atomic mass is 19.2. The van der Waals surface area contributed by atoms with Gasteiger partial charge in [0.2, 0.25) is 5.91 Å². The molecule has 1 amide bonds. The molecule has 1 rings (SSSR count). The number of benzene rings is 1. The maximum Gasteiger partial charge on any atom is 0.328 e. The molecule has 0 heterocycles. The summed E-state index contributed by atoms with van der Waals surface area (Å²) in [5.41, 5.74) is -0.188. The third-order valence-electron chi connectivity index (χ3n) is 2.45. The van der Waals surface area contributed by atoms with Gasteiger partial charge in [-0.3, -0.25) is 4.79 Å². The first-order valence-corrected chi connectivity index (χ1v) is 5.46. The summed E-state index contributed by atoms with van der Waals surface area (Å²) in [6.45, 7) is 1.20. The molecule has 0 aliphatic rings. The monoisotopic (exact) mass is 273 g/mol. The van der Waals surface area contributed by atoms with Crippen molar-refractivity contribution in [3.05, 3.63) is 35.4 Å². The molecule has 0 saturated carbocycles. The summed E-state index contributed by atoms with van der Waals surface area (Å²) in [4.78, 5) is 22.3. The average molecular weight is 273 g/mol. The average Bonchev–Trinajstić information content (AvgIpc) is 2.31. The van der Waals surface area contributed by atoms with Crippen LogP contribution in [0.4, 0.5) is 8.78 Å². The van der Waals surface area contributed by atoms with Crippen LogP contribution in [-0.4, -0.2) is 34.2 Å². The number of rotatable bonds is 5. The Morgan fingerprint density at radius 3 is 2.53 bits per heavy atom. The fourth-order valence-corrected chi connectivity index (χ4v) is 1.47. The Bertz CT molecular complexity index is 491. The number of carboxylic acids is 1. The van der Waals surface area contributed by atoms with Crippen LogP contribution in [0.1, 0.15) is 12.5 Å². The highest BCUT2D eigenvalue weighted by Gasteiger charge is 2.25. The summed E-state index contributed by atoms with van der Waals surface area (Å²) < 4.78 is 26.2. The van der Waals surface area contributed by atoms with Crippen molar-refractivity contribution >= 4 is 11.9 Å². The van der Waals surface area contributed by atoms with E-state index in [4.69, 9.17) is 10.2 Å². The first-order chi connectivity index (χ1) is 8.82. The molecule has 0 saturated heterocycles. The second-order valence-electron chi connectivity index (χ2n) is 4.01. The first kappa shape index (κ1) is 15.0. The minimum Gasteiger partial charge on any atom is -0.480 e. The quantitative estimate of drug-likeness (QED) is 0.727. The van der Waals surface area contributed by atoms with E-state index >= 15 is 0 Å². The van der Waals surface area contributed by atoms with Crippen LogP contribution in [0.2, 0.25) is 0 Å². The van der Waals surface area contributed by atoms with E-state index in [1.807, 2.05) is 5.32 Å². The van der Waals surface area contributed by atoms with Crippen LogP contribution >= 0.6 is 0 Å². The molecule has 3 N–H and O–H groups in total. The third-order valence-corrected chi connectivity index (χ3v) is 2.45. The lowest BCUT2D eigenvalue weighted by Gasteiger charge is -2.17. The zero-order valence-electron chi connectivity index (χ0n) is 10.1. The minimum absolute atomic E-state index is 0.188. The number of aliphatic hydroxyl groups excluding tert-OH is 1. The van der Waals surface area contributed by atoms with Crippen molar-refractivity contribution in [2.45, 2.75) is 25.5 Å². The van der Waals surface area contributed by atoms with Gasteiger partial charge in [-0.15, -0.1) is 0 Å². The van der Waals surface area contributed by atoms with E-state index in [2.05, 4.69) is 0 Å². The summed E-state index contributed by atoms with van der Waals surface area (Å²) >= 11 is 0. The van der Waals surface area contributed by atoms with Crippen LogP contribution in [0.15, 0.2) is 18.2 Å². The van der Waals surface area contributed by atoms with Gasteiger partial charge in [0.1, 0.15) is 0 Å². The van der Waals surface area contributed by atoms with Crippen LogP contribution in [0.5, 0.6) is 0 Å². The van der Waals surface area contributed by atoms with Crippen molar-refractivity contribution in [1.82, 2.24) is 5.32 Å². The summed E-state index contributed by atoms with van der Waals surface area (Å²) in [6.07, 6.45) is -1.82. The SMILES string of the molecule is CC(O)C(NC(=O)Cc1cccc(F)c1F)C(=O)O. The summed E-state index contributed by atoms with van der Waals surface area (Å²) in [5.74, 6) is -4.47. The molecule has 5 nitrogen and oxygen atoms in total. The Balaban J connectivity index is 2.75. The molecule has 2 unspecified atom stereocenters. The zero-order valence-corrected chi connectivity index (χ0v) is 10.1. The van der Waals surface area contributed by atoms with Crippen LogP contribution in [0.25, 0.3) is 0 Å². The highest BCUT2D eigenvalue weighted by Crippen LogP contribution is 2.12. The predicted molar refractivity (Wildman–Crippen MR) is 61.3 cm³/mol. The molecule has 1 aromatic carbocycles. The molecule has 0 bridgehead atoms. The van der Waals surface area contributed by atoms with Gasteiger partial charge in [-0.2, -0.15) is 0 Å². The van der Waals surface area contributed by atoms with Crippen molar-refractivity contribution in [1.29, 1.82) is 0 Å². The third kappa shape index (κ3) is 3.99. The van der Waals surface area contributed by atoms with E-state index in [1.54, 1.807) is 0 Å². The van der Waals surface area contributed by atoms with Crippen molar-refractivity contribution < 1.29 is 28.6 Å². The molecule has 0 aliphatic heterocycles. The molecule has 0 radical (unpaired) electrons. The number of carbonyl (C=O) groups excluding carboxylic acids is 1. The standard InChI is InChI=1S/C12H13F2NO4/c1-6(16)11(12(18)19)15-9(17)5-7-3-2-4-8(13)10(7)14/h2-4,6,11,16H,5H2,1H3,(H,15,17)(H,18,19). The van der Waals surface area contributed by atoms with Crippen LogP contribution in [0.3, 0.4) is 0 Å². The first-order valence-electron chi connectivity index (χ1n) is 5.46. The van der Waals surface area contributed by atoms with Gasteiger partial charge in [0.05, 0.1) is 12.5 Å². The molecule has 7 heteroatoms. The fourth-order valence-electron chi connectivity index (χ4n) is 1.47. The Hall–Kier alpha value is -2.02. The van der Waals surface area contributed by atoms with Crippen LogP contribution in [0, 0.1) is 11.6 Å². The van der Waals surface area contributed by atoms with Gasteiger partial charge in [0, 0.05) is 5.56 Å². The molecule has 0 aromatic heterocycles. The molecule has 0 spiro atoms. The molecule has 2 atom stereocenters. The number of carboxylic acid groups (broad SMARTS) is 1. The topological polar surface area (TPSA) is 86.6 Å². The normalized spacial score (nSPS) is 13.7. The number of carbonyl (C=O) groups is 2. The maximum atomic E-state index is 13.3. The lowest BCUT2D eigenvalue weighted by molar-refractivity contribution is -0.144. The summed E-state index contributed by atoms with van der Waals surface area (Å²) in [6, 6.07) is 1.87. The van der Waals surface area contributed by atoms with E-state index < -0.39 is 42.1 Å². The Morgan fingerprint density at radius 1 is 1.37 bits per heavy atom. The molecular weight excluding hydrogens is 260 g/mol. The highest BCUT2D eigenvalue weighted by molar-refractivity contribution is 5.85. The van der Waals surface area contributed by atoms with Gasteiger partial charge in [0.25, 0.3) is 0 Å². The Kier molecular flexibility index (Phi) is 4.94. The number of hydrogen-bond acceptors (Lipinski definition) is 3. The molecule has 104 valence electrons. The van der Waals surface area contributed by atoms with Gasteiger partial charge >= 0.3 is 5.97 Å². The Morgan fingerprint density at radius 2 is 2.00 bits per heavy atom. The van der Waals surface area contributed by atoms with Crippen molar-refractivity contribution in [2.24, 2.45) is 0 Å². The van der Waals surface area contributed by atoms with Crippen LogP contribution in [-0.2, 0) is 16.0 Å². The molecular formula is C12H13F2NO4. The number of aliphatic hydroxyl groups is 1. The maximum absolute atomic E-state index is 13.3. The van der Waals surface area contributed by atoms with Crippen molar-refractivity contribution in [2.75, 3.05) is 0 Å². The minimum atomic E-state index is -1.50. The van der Waals surface area contributed by atoms with Gasteiger partial charge in [-0.05, 0) is 13.0 Å². The molecule has 0 fully saturated rings. The Labute approximate surface area is 107 Å². The number of nitrogens with one attached hydrogen (secondary N) is 1. The molecule has 1 aromatic rings. The summed E-state index contributed by atoms with van der Waals surface area (Å²) in [7, 11) is 0. The van der Waals surface area contributed by atoms with Gasteiger partial charge in [-0.25, -0.2) is 13.6 Å². The van der Waals surface area contributed by atoms with E-state index in [0.29, 0.717) is 0 Å². The van der Waals surface area contributed by atoms with Crippen LogP contribution < -0.4 is 5.32 Å². The second-order valence-corrected chi connectivity index (χ2v) is 4.01. The van der Waals surface area contributed by atoms with E-state index in [-0.39, 0.29) is 5.56 Å². The van der Waals surface area contributed by atoms with E-state index in [9.17, 15) is 18.4 Å². The fraction of sp³-hybridized carbons (Fsp3) is 0.333. The number of aliphatic carboxylic acids is 1. The smallest absolute Gasteiger partial charge is 0.328 e. The lowest BCUT2D eigenvalue weighted by Crippen LogP contribution is -2.48. The van der Waals surface area contributed by atoms with Gasteiger partial charge in [0.15, 0.2) is 17.7 Å². The molecule has 0 aliphatic carbocycles. The zero-order chi connectivity index (χ0) is 14.6. The van der Waals surface area contributed by atoms with Crippen molar-refractivity contribution in [3.8, 4) is 0 Å².